The van der Waals surface area contributed by atoms with Gasteiger partial charge >= 0.3 is 5.97 Å². The van der Waals surface area contributed by atoms with Gasteiger partial charge in [0.25, 0.3) is 0 Å². The molecule has 0 aromatic heterocycles. The third kappa shape index (κ3) is 6.29. The molecule has 0 saturated carbocycles. The average Bonchev–Trinajstić information content (AvgIpc) is 3.15. The molecule has 3 rings (SSSR count). The number of piperidine rings is 1. The topological polar surface area (TPSA) is 86.2 Å². The molecule has 0 bridgehead atoms. The van der Waals surface area contributed by atoms with Crippen molar-refractivity contribution in [2.24, 2.45) is 11.0 Å². The van der Waals surface area contributed by atoms with Crippen LogP contribution in [-0.4, -0.2) is 54.5 Å². The minimum Gasteiger partial charge on any atom is -0.480 e. The lowest BCUT2D eigenvalue weighted by atomic mass is 9.89. The number of nitrogens with zero attached hydrogens (tertiary/aromatic N) is 2. The van der Waals surface area contributed by atoms with Crippen LogP contribution in [0.5, 0.6) is 0 Å². The van der Waals surface area contributed by atoms with Crippen LogP contribution in [-0.2, 0) is 9.63 Å². The van der Waals surface area contributed by atoms with Gasteiger partial charge in [-0.3, -0.25) is 14.5 Å². The summed E-state index contributed by atoms with van der Waals surface area (Å²) in [4.78, 5) is 18.7. The quantitative estimate of drug-likeness (QED) is 0.342. The number of nitrogens with one attached hydrogen (secondary N) is 2. The second-order valence-electron chi connectivity index (χ2n) is 7.83. The zero-order chi connectivity index (χ0) is 19.8. The maximum Gasteiger partial charge on any atom is 0.317 e. The number of hydrogen-bond donors (Lipinski definition) is 3. The second kappa shape index (κ2) is 10.5. The number of carbonyl (C=O) groups is 1. The van der Waals surface area contributed by atoms with Gasteiger partial charge in [-0.05, 0) is 62.2 Å². The van der Waals surface area contributed by atoms with E-state index in [1.54, 1.807) is 0 Å². The Kier molecular flexibility index (Phi) is 7.82. The number of hydrazone groups is 1. The summed E-state index contributed by atoms with van der Waals surface area (Å²) in [6.45, 7) is 4.90. The van der Waals surface area contributed by atoms with E-state index in [1.165, 1.54) is 5.56 Å². The SMILES string of the molecule is CCCNN=Cc1ccc(C2CC(CC3CCN(CC(=O)O)CC3)ON2)cc1. The number of likely N-dealkylation sites (tertiary alicyclic amines) is 1. The monoisotopic (exact) mass is 388 g/mol. The second-order valence-corrected chi connectivity index (χ2v) is 7.83. The highest BCUT2D eigenvalue weighted by molar-refractivity contribution is 5.79. The van der Waals surface area contributed by atoms with E-state index in [0.717, 1.165) is 57.3 Å². The lowest BCUT2D eigenvalue weighted by molar-refractivity contribution is -0.138. The Hall–Kier alpha value is -1.96. The van der Waals surface area contributed by atoms with Gasteiger partial charge in [0.2, 0.25) is 0 Å². The normalized spacial score (nSPS) is 24.0. The van der Waals surface area contributed by atoms with E-state index in [1.807, 2.05) is 11.1 Å². The van der Waals surface area contributed by atoms with Gasteiger partial charge in [0.05, 0.1) is 24.9 Å². The average molecular weight is 389 g/mol. The van der Waals surface area contributed by atoms with Crippen LogP contribution in [0.25, 0.3) is 0 Å². The van der Waals surface area contributed by atoms with Crippen LogP contribution in [0.2, 0.25) is 0 Å². The molecule has 2 atom stereocenters. The molecule has 28 heavy (non-hydrogen) atoms. The van der Waals surface area contributed by atoms with Crippen LogP contribution in [0.3, 0.4) is 0 Å². The number of rotatable bonds is 9. The molecule has 0 radical (unpaired) electrons. The first-order valence-corrected chi connectivity index (χ1v) is 10.3. The van der Waals surface area contributed by atoms with Crippen molar-refractivity contribution >= 4 is 12.2 Å². The van der Waals surface area contributed by atoms with E-state index >= 15 is 0 Å². The summed E-state index contributed by atoms with van der Waals surface area (Å²) >= 11 is 0. The van der Waals surface area contributed by atoms with E-state index in [0.29, 0.717) is 5.92 Å². The summed E-state index contributed by atoms with van der Waals surface area (Å²) in [7, 11) is 0. The van der Waals surface area contributed by atoms with Crippen LogP contribution < -0.4 is 10.9 Å². The smallest absolute Gasteiger partial charge is 0.317 e. The highest BCUT2D eigenvalue weighted by Gasteiger charge is 2.30. The summed E-state index contributed by atoms with van der Waals surface area (Å²) in [5, 5.41) is 13.1. The predicted octanol–water partition coefficient (Wildman–Crippen LogP) is 2.54. The fourth-order valence-electron chi connectivity index (χ4n) is 3.94. The lowest BCUT2D eigenvalue weighted by Gasteiger charge is -2.31. The van der Waals surface area contributed by atoms with Crippen LogP contribution in [0.15, 0.2) is 29.4 Å². The van der Waals surface area contributed by atoms with Gasteiger partial charge in [-0.15, -0.1) is 0 Å². The van der Waals surface area contributed by atoms with E-state index in [4.69, 9.17) is 9.94 Å². The van der Waals surface area contributed by atoms with E-state index in [2.05, 4.69) is 47.2 Å². The van der Waals surface area contributed by atoms with Crippen LogP contribution in [0.4, 0.5) is 0 Å². The molecule has 1 aromatic rings. The van der Waals surface area contributed by atoms with Crippen molar-refractivity contribution < 1.29 is 14.7 Å². The van der Waals surface area contributed by atoms with E-state index in [9.17, 15) is 4.79 Å². The molecular formula is C21H32N4O3. The first-order valence-electron chi connectivity index (χ1n) is 10.3. The zero-order valence-corrected chi connectivity index (χ0v) is 16.6. The fourth-order valence-corrected chi connectivity index (χ4v) is 3.94. The molecule has 1 aromatic carbocycles. The molecule has 7 nitrogen and oxygen atoms in total. The van der Waals surface area contributed by atoms with E-state index < -0.39 is 5.97 Å². The van der Waals surface area contributed by atoms with Crippen molar-refractivity contribution in [1.29, 1.82) is 0 Å². The number of carboxylic acid groups (broad SMARTS) is 1. The Morgan fingerprint density at radius 2 is 2.11 bits per heavy atom. The number of aliphatic carboxylic acids is 1. The zero-order valence-electron chi connectivity index (χ0n) is 16.6. The minimum atomic E-state index is -0.737. The van der Waals surface area contributed by atoms with Crippen molar-refractivity contribution in [2.75, 3.05) is 26.2 Å². The molecule has 154 valence electrons. The summed E-state index contributed by atoms with van der Waals surface area (Å²) in [6.07, 6.45) is 7.25. The van der Waals surface area contributed by atoms with Crippen molar-refractivity contribution in [3.05, 3.63) is 35.4 Å². The summed E-state index contributed by atoms with van der Waals surface area (Å²) in [5.41, 5.74) is 8.52. The molecule has 2 aliphatic heterocycles. The number of hydroxylamine groups is 1. The van der Waals surface area contributed by atoms with Crippen LogP contribution in [0, 0.1) is 5.92 Å². The van der Waals surface area contributed by atoms with E-state index in [-0.39, 0.29) is 18.7 Å². The standard InChI is InChI=1S/C21H32N4O3/c1-2-9-22-23-14-17-3-5-18(6-4-17)20-13-19(28-24-20)12-16-7-10-25(11-8-16)15-21(26)27/h3-6,14,16,19-20,22,24H,2,7-13,15H2,1H3,(H,26,27). The highest BCUT2D eigenvalue weighted by Crippen LogP contribution is 2.31. The summed E-state index contributed by atoms with van der Waals surface area (Å²) < 4.78 is 0. The van der Waals surface area contributed by atoms with Crippen LogP contribution in [0.1, 0.15) is 56.2 Å². The molecule has 2 saturated heterocycles. The Bertz CT molecular complexity index is 642. The fraction of sp³-hybridized carbons (Fsp3) is 0.619. The molecule has 0 spiro atoms. The van der Waals surface area contributed by atoms with Gasteiger partial charge in [0.1, 0.15) is 0 Å². The van der Waals surface area contributed by atoms with Gasteiger partial charge < -0.3 is 10.5 Å². The Morgan fingerprint density at radius 3 is 2.79 bits per heavy atom. The number of hydrogen-bond acceptors (Lipinski definition) is 6. The number of benzene rings is 1. The summed E-state index contributed by atoms with van der Waals surface area (Å²) in [5.74, 6) is -0.121. The summed E-state index contributed by atoms with van der Waals surface area (Å²) in [6, 6.07) is 8.66. The van der Waals surface area contributed by atoms with Crippen molar-refractivity contribution in [2.45, 2.75) is 51.2 Å². The van der Waals surface area contributed by atoms with Crippen molar-refractivity contribution in [3.8, 4) is 0 Å². The molecule has 2 aliphatic rings. The van der Waals surface area contributed by atoms with Gasteiger partial charge in [-0.25, -0.2) is 0 Å². The molecular weight excluding hydrogens is 356 g/mol. The lowest BCUT2D eigenvalue weighted by Crippen LogP contribution is -2.38. The Balaban J connectivity index is 1.41. The third-order valence-electron chi connectivity index (χ3n) is 5.54. The molecule has 2 fully saturated rings. The first kappa shape index (κ1) is 20.8. The molecule has 7 heteroatoms. The maximum absolute atomic E-state index is 10.8. The molecule has 0 amide bonds. The first-order chi connectivity index (χ1) is 13.6. The van der Waals surface area contributed by atoms with Crippen molar-refractivity contribution in [1.82, 2.24) is 15.8 Å². The highest BCUT2D eigenvalue weighted by atomic mass is 16.7. The number of carboxylic acids is 1. The largest absolute Gasteiger partial charge is 0.480 e. The Labute approximate surface area is 167 Å². The Morgan fingerprint density at radius 1 is 1.36 bits per heavy atom. The molecule has 2 heterocycles. The van der Waals surface area contributed by atoms with Gasteiger partial charge in [-0.1, -0.05) is 31.2 Å². The minimum absolute atomic E-state index is 0.158. The maximum atomic E-state index is 10.8. The molecule has 3 N–H and O–H groups in total. The van der Waals surface area contributed by atoms with Crippen LogP contribution >= 0.6 is 0 Å². The van der Waals surface area contributed by atoms with Gasteiger partial charge in [-0.2, -0.15) is 10.6 Å². The van der Waals surface area contributed by atoms with Gasteiger partial charge in [0.15, 0.2) is 0 Å². The molecule has 2 unspecified atom stereocenters. The molecule has 0 aliphatic carbocycles. The third-order valence-corrected chi connectivity index (χ3v) is 5.54. The predicted molar refractivity (Wildman–Crippen MR) is 109 cm³/mol. The van der Waals surface area contributed by atoms with Gasteiger partial charge in [0, 0.05) is 6.54 Å². The van der Waals surface area contributed by atoms with Crippen molar-refractivity contribution in [3.63, 3.8) is 0 Å².